The van der Waals surface area contributed by atoms with E-state index in [1.54, 1.807) is 18.3 Å². The van der Waals surface area contributed by atoms with Gasteiger partial charge in [-0.2, -0.15) is 0 Å². The summed E-state index contributed by atoms with van der Waals surface area (Å²) in [6.07, 6.45) is 4.98. The Morgan fingerprint density at radius 2 is 2.31 bits per heavy atom. The van der Waals surface area contributed by atoms with Crippen LogP contribution >= 0.6 is 22.9 Å². The highest BCUT2D eigenvalue weighted by Gasteiger charge is 2.02. The number of halogens is 1. The van der Waals surface area contributed by atoms with Gasteiger partial charge in [0.2, 0.25) is 0 Å². The second-order valence-corrected chi connectivity index (χ2v) is 4.25. The van der Waals surface area contributed by atoms with Crippen molar-refractivity contribution in [3.8, 4) is 0 Å². The first-order valence-corrected chi connectivity index (χ1v) is 5.89. The van der Waals surface area contributed by atoms with Gasteiger partial charge in [0, 0.05) is 17.1 Å². The third kappa shape index (κ3) is 2.56. The van der Waals surface area contributed by atoms with Crippen LogP contribution in [0, 0.1) is 0 Å². The van der Waals surface area contributed by atoms with Gasteiger partial charge in [-0.1, -0.05) is 24.0 Å². The average Bonchev–Trinajstić information content (AvgIpc) is 2.77. The van der Waals surface area contributed by atoms with Crippen LogP contribution in [-0.4, -0.2) is 15.0 Å². The van der Waals surface area contributed by atoms with Crippen LogP contribution in [0.5, 0.6) is 0 Å². The van der Waals surface area contributed by atoms with Crippen LogP contribution in [0.25, 0.3) is 6.08 Å². The van der Waals surface area contributed by atoms with E-state index in [1.165, 1.54) is 17.7 Å². The molecule has 1 N–H and O–H groups in total. The van der Waals surface area contributed by atoms with Crippen LogP contribution < -0.4 is 5.32 Å². The molecular weight excluding hydrogens is 244 g/mol. The molecule has 6 heteroatoms. The molecule has 4 nitrogen and oxygen atoms in total. The van der Waals surface area contributed by atoms with Gasteiger partial charge in [0.25, 0.3) is 0 Å². The summed E-state index contributed by atoms with van der Waals surface area (Å²) in [5, 5.41) is 3.86. The smallest absolute Gasteiger partial charge is 0.188 e. The summed E-state index contributed by atoms with van der Waals surface area (Å²) in [6.45, 7) is 3.68. The van der Waals surface area contributed by atoms with Gasteiger partial charge in [0.15, 0.2) is 5.13 Å². The van der Waals surface area contributed by atoms with Gasteiger partial charge < -0.3 is 5.32 Å². The Hall–Kier alpha value is -1.46. The van der Waals surface area contributed by atoms with Crippen molar-refractivity contribution < 1.29 is 0 Å². The van der Waals surface area contributed by atoms with Crippen molar-refractivity contribution in [2.75, 3.05) is 5.32 Å². The fourth-order valence-corrected chi connectivity index (χ4v) is 1.91. The lowest BCUT2D eigenvalue weighted by atomic mass is 10.4. The van der Waals surface area contributed by atoms with Crippen molar-refractivity contribution in [1.82, 2.24) is 15.0 Å². The fourth-order valence-electron chi connectivity index (χ4n) is 1.09. The van der Waals surface area contributed by atoms with Crippen LogP contribution in [0.2, 0.25) is 0 Å². The zero-order valence-electron chi connectivity index (χ0n) is 8.35. The quantitative estimate of drug-likeness (QED) is 0.850. The number of aromatic nitrogens is 3. The van der Waals surface area contributed by atoms with Crippen molar-refractivity contribution in [3.63, 3.8) is 0 Å². The number of hydrogen-bond donors (Lipinski definition) is 1. The fraction of sp³-hybridized carbons (Fsp3) is 0.100. The topological polar surface area (TPSA) is 50.7 Å². The van der Waals surface area contributed by atoms with Gasteiger partial charge in [0.1, 0.15) is 12.1 Å². The summed E-state index contributed by atoms with van der Waals surface area (Å²) < 4.78 is 0. The van der Waals surface area contributed by atoms with Crippen molar-refractivity contribution in [2.24, 2.45) is 0 Å². The van der Waals surface area contributed by atoms with Gasteiger partial charge in [-0.25, -0.2) is 15.0 Å². The Morgan fingerprint density at radius 1 is 1.44 bits per heavy atom. The maximum atomic E-state index is 5.68. The van der Waals surface area contributed by atoms with Crippen molar-refractivity contribution in [3.05, 3.63) is 35.7 Å². The van der Waals surface area contributed by atoms with E-state index >= 15 is 0 Å². The minimum Gasteiger partial charge on any atom is -0.316 e. The van der Waals surface area contributed by atoms with E-state index in [2.05, 4.69) is 26.8 Å². The number of alkyl halides is 1. The molecular formula is C10H9ClN4S. The molecule has 0 aliphatic rings. The summed E-state index contributed by atoms with van der Waals surface area (Å²) in [6, 6.07) is 1.79. The molecule has 0 aliphatic carbocycles. The second kappa shape index (κ2) is 5.05. The summed E-state index contributed by atoms with van der Waals surface area (Å²) in [4.78, 5) is 13.3. The molecule has 0 saturated heterocycles. The standard InChI is InChI=1S/C10H9ClN4S/c1-2-8-5-12-10(16-8)15-9-3-7(4-11)13-6-14-9/h2-3,5-6H,1,4H2,(H,12,13,14,15). The third-order valence-corrected chi connectivity index (χ3v) is 3.00. The van der Waals surface area contributed by atoms with E-state index in [0.29, 0.717) is 11.7 Å². The number of nitrogens with one attached hydrogen (secondary N) is 1. The number of rotatable bonds is 4. The predicted molar refractivity (Wildman–Crippen MR) is 67.1 cm³/mol. The largest absolute Gasteiger partial charge is 0.316 e. The molecule has 0 saturated carbocycles. The first-order chi connectivity index (χ1) is 7.81. The number of anilines is 2. The molecule has 0 radical (unpaired) electrons. The van der Waals surface area contributed by atoms with Crippen LogP contribution in [0.15, 0.2) is 25.2 Å². The SMILES string of the molecule is C=Cc1cnc(Nc2cc(CCl)ncn2)s1. The van der Waals surface area contributed by atoms with Crippen LogP contribution in [0.1, 0.15) is 10.6 Å². The Balaban J connectivity index is 2.16. The van der Waals surface area contributed by atoms with Crippen molar-refractivity contribution in [1.29, 1.82) is 0 Å². The van der Waals surface area contributed by atoms with Gasteiger partial charge in [0.05, 0.1) is 11.6 Å². The van der Waals surface area contributed by atoms with E-state index in [9.17, 15) is 0 Å². The number of thiazole rings is 1. The molecule has 0 spiro atoms. The average molecular weight is 253 g/mol. The van der Waals surface area contributed by atoms with E-state index in [1.807, 2.05) is 0 Å². The molecule has 0 aliphatic heterocycles. The van der Waals surface area contributed by atoms with E-state index in [-0.39, 0.29) is 0 Å². The first kappa shape index (κ1) is 11.0. The molecule has 2 aromatic rings. The highest BCUT2D eigenvalue weighted by atomic mass is 35.5. The molecule has 0 amide bonds. The highest BCUT2D eigenvalue weighted by molar-refractivity contribution is 7.16. The highest BCUT2D eigenvalue weighted by Crippen LogP contribution is 2.22. The molecule has 0 fully saturated rings. The molecule has 0 unspecified atom stereocenters. The predicted octanol–water partition coefficient (Wildman–Crippen LogP) is 3.06. The maximum Gasteiger partial charge on any atom is 0.188 e. The summed E-state index contributed by atoms with van der Waals surface area (Å²) >= 11 is 7.19. The van der Waals surface area contributed by atoms with Crippen LogP contribution in [-0.2, 0) is 5.88 Å². The monoisotopic (exact) mass is 252 g/mol. The Morgan fingerprint density at radius 3 is 3.00 bits per heavy atom. The second-order valence-electron chi connectivity index (χ2n) is 2.93. The minimum absolute atomic E-state index is 0.368. The molecule has 2 heterocycles. The molecule has 2 rings (SSSR count). The lowest BCUT2D eigenvalue weighted by Crippen LogP contribution is -1.95. The molecule has 0 aromatic carbocycles. The van der Waals surface area contributed by atoms with E-state index in [4.69, 9.17) is 11.6 Å². The van der Waals surface area contributed by atoms with Gasteiger partial charge >= 0.3 is 0 Å². The lowest BCUT2D eigenvalue weighted by molar-refractivity contribution is 1.08. The van der Waals surface area contributed by atoms with Crippen LogP contribution in [0.4, 0.5) is 10.9 Å². The Bertz CT molecular complexity index is 497. The number of hydrogen-bond acceptors (Lipinski definition) is 5. The Kier molecular flexibility index (Phi) is 3.48. The zero-order valence-corrected chi connectivity index (χ0v) is 9.92. The van der Waals surface area contributed by atoms with Crippen molar-refractivity contribution >= 4 is 40.0 Å². The molecule has 0 atom stereocenters. The maximum absolute atomic E-state index is 5.68. The number of nitrogens with zero attached hydrogens (tertiary/aromatic N) is 3. The molecule has 16 heavy (non-hydrogen) atoms. The van der Waals surface area contributed by atoms with Crippen LogP contribution in [0.3, 0.4) is 0 Å². The summed E-state index contributed by atoms with van der Waals surface area (Å²) in [5.41, 5.74) is 0.777. The normalized spacial score (nSPS) is 10.1. The molecule has 82 valence electrons. The van der Waals surface area contributed by atoms with Gasteiger partial charge in [-0.3, -0.25) is 0 Å². The first-order valence-electron chi connectivity index (χ1n) is 4.54. The van der Waals surface area contributed by atoms with E-state index in [0.717, 1.165) is 15.7 Å². The van der Waals surface area contributed by atoms with E-state index < -0.39 is 0 Å². The third-order valence-electron chi connectivity index (χ3n) is 1.82. The lowest BCUT2D eigenvalue weighted by Gasteiger charge is -2.01. The molecule has 0 bridgehead atoms. The van der Waals surface area contributed by atoms with Gasteiger partial charge in [-0.15, -0.1) is 11.6 Å². The van der Waals surface area contributed by atoms with Crippen molar-refractivity contribution in [2.45, 2.75) is 5.88 Å². The summed E-state index contributed by atoms with van der Waals surface area (Å²) in [5.74, 6) is 1.06. The van der Waals surface area contributed by atoms with Gasteiger partial charge in [-0.05, 0) is 0 Å². The zero-order chi connectivity index (χ0) is 11.4. The summed E-state index contributed by atoms with van der Waals surface area (Å²) in [7, 11) is 0. The Labute approximate surface area is 102 Å². The minimum atomic E-state index is 0.368. The molecule has 2 aromatic heterocycles.